The molecule has 0 saturated heterocycles. The van der Waals surface area contributed by atoms with E-state index in [9.17, 15) is 15.0 Å². The van der Waals surface area contributed by atoms with Crippen LogP contribution in [0, 0.1) is 6.92 Å². The van der Waals surface area contributed by atoms with Crippen molar-refractivity contribution >= 4 is 5.97 Å². The van der Waals surface area contributed by atoms with Gasteiger partial charge < -0.3 is 25.8 Å². The summed E-state index contributed by atoms with van der Waals surface area (Å²) >= 11 is 0. The molecule has 0 spiro atoms. The lowest BCUT2D eigenvalue weighted by molar-refractivity contribution is -0.140. The fourth-order valence-electron chi connectivity index (χ4n) is 4.58. The average Bonchev–Trinajstić information content (AvgIpc) is 3.66. The zero-order valence-corrected chi connectivity index (χ0v) is 20.5. The average molecular weight is 496 g/mol. The van der Waals surface area contributed by atoms with E-state index in [1.165, 1.54) is 0 Å². The minimum Gasteiger partial charge on any atom is -0.481 e. The zero-order valence-electron chi connectivity index (χ0n) is 20.5. The van der Waals surface area contributed by atoms with Crippen LogP contribution >= 0.6 is 0 Å². The highest BCUT2D eigenvalue weighted by molar-refractivity contribution is 5.85. The van der Waals surface area contributed by atoms with Gasteiger partial charge in [0.05, 0.1) is 22.4 Å². The molecule has 0 aliphatic heterocycles. The molecule has 4 aromatic rings. The number of aryl methyl sites for hydroxylation is 1. The van der Waals surface area contributed by atoms with E-state index in [0.717, 1.165) is 27.8 Å². The monoisotopic (exact) mass is 495 g/mol. The lowest BCUT2D eigenvalue weighted by Gasteiger charge is -2.13. The van der Waals surface area contributed by atoms with Crippen molar-refractivity contribution in [3.05, 3.63) is 113 Å². The molecule has 1 heterocycles. The number of aliphatic carboxylic acids is 1. The topological polar surface area (TPSA) is 122 Å². The van der Waals surface area contributed by atoms with Crippen LogP contribution in [0.15, 0.2) is 95.3 Å². The van der Waals surface area contributed by atoms with Crippen LogP contribution in [0.2, 0.25) is 0 Å². The van der Waals surface area contributed by atoms with Crippen LogP contribution in [0.1, 0.15) is 41.3 Å². The molecule has 1 fully saturated rings. The summed E-state index contributed by atoms with van der Waals surface area (Å²) in [5.74, 6) is -0.296. The van der Waals surface area contributed by atoms with E-state index in [1.54, 1.807) is 13.1 Å². The van der Waals surface area contributed by atoms with Crippen LogP contribution in [0.5, 0.6) is 0 Å². The first kappa shape index (κ1) is 24.3. The van der Waals surface area contributed by atoms with Gasteiger partial charge in [-0.05, 0) is 42.0 Å². The number of nitrogens with zero attached hydrogens (tertiary/aromatic N) is 1. The van der Waals surface area contributed by atoms with E-state index < -0.39 is 17.5 Å². The number of hydrogen-bond donors (Lipinski definition) is 4. The fourth-order valence-corrected chi connectivity index (χ4v) is 4.58. The molecular formula is C30H29N3O4. The Morgan fingerprint density at radius 3 is 2.22 bits per heavy atom. The molecule has 1 aliphatic carbocycles. The highest BCUT2D eigenvalue weighted by Crippen LogP contribution is 2.48. The molecule has 3 aromatic carbocycles. The molecule has 5 N–H and O–H groups in total. The standard InChI is InChI=1S/C30H29N3O4/c1-19-26(27(34)25(31)18-32-17-20-5-3-2-4-6-20)28(37-33-19)23-9-7-21(8-10-23)22-11-13-24(14-12-22)30(15-16-30)29(35)36/h2-14,18,27,32,34H,15-17,31H2,1H3,(H,35,36)/b25-18-. The third kappa shape index (κ3) is 4.86. The summed E-state index contributed by atoms with van der Waals surface area (Å²) in [7, 11) is 0. The van der Waals surface area contributed by atoms with E-state index in [4.69, 9.17) is 10.3 Å². The van der Waals surface area contributed by atoms with E-state index in [2.05, 4.69) is 10.5 Å². The van der Waals surface area contributed by atoms with Crippen molar-refractivity contribution in [2.24, 2.45) is 5.73 Å². The van der Waals surface area contributed by atoms with Crippen LogP contribution in [-0.4, -0.2) is 21.3 Å². The molecule has 0 radical (unpaired) electrons. The quantitative estimate of drug-likeness (QED) is 0.256. The number of aliphatic hydroxyl groups excluding tert-OH is 1. The molecule has 1 atom stereocenters. The Balaban J connectivity index is 1.32. The number of aliphatic hydroxyl groups is 1. The third-order valence-electron chi connectivity index (χ3n) is 6.99. The van der Waals surface area contributed by atoms with Gasteiger partial charge in [-0.1, -0.05) is 84.0 Å². The van der Waals surface area contributed by atoms with Gasteiger partial charge in [-0.2, -0.15) is 0 Å². The Labute approximate surface area is 215 Å². The maximum atomic E-state index is 11.6. The predicted molar refractivity (Wildman–Crippen MR) is 141 cm³/mol. The molecule has 1 saturated carbocycles. The van der Waals surface area contributed by atoms with Gasteiger partial charge in [-0.25, -0.2) is 0 Å². The normalized spacial score (nSPS) is 15.2. The van der Waals surface area contributed by atoms with Gasteiger partial charge in [-0.3, -0.25) is 4.79 Å². The molecule has 188 valence electrons. The molecule has 7 nitrogen and oxygen atoms in total. The molecule has 0 amide bonds. The lowest BCUT2D eigenvalue weighted by atomic mass is 9.93. The van der Waals surface area contributed by atoms with Crippen molar-refractivity contribution in [1.82, 2.24) is 10.5 Å². The summed E-state index contributed by atoms with van der Waals surface area (Å²) in [6.45, 7) is 2.36. The van der Waals surface area contributed by atoms with E-state index in [0.29, 0.717) is 36.4 Å². The molecule has 1 aliphatic rings. The van der Waals surface area contributed by atoms with Crippen molar-refractivity contribution < 1.29 is 19.5 Å². The molecule has 1 unspecified atom stereocenters. The maximum absolute atomic E-state index is 11.6. The molecule has 5 rings (SSSR count). The summed E-state index contributed by atoms with van der Waals surface area (Å²) in [5.41, 5.74) is 11.5. The van der Waals surface area contributed by atoms with Gasteiger partial charge >= 0.3 is 5.97 Å². The van der Waals surface area contributed by atoms with Crippen LogP contribution in [0.4, 0.5) is 0 Å². The van der Waals surface area contributed by atoms with E-state index >= 15 is 0 Å². The summed E-state index contributed by atoms with van der Waals surface area (Å²) in [6.07, 6.45) is 1.89. The number of nitrogens with two attached hydrogens (primary N) is 1. The number of carboxylic acids is 1. The number of hydrogen-bond acceptors (Lipinski definition) is 6. The van der Waals surface area contributed by atoms with Gasteiger partial charge in [0.15, 0.2) is 5.76 Å². The van der Waals surface area contributed by atoms with Crippen molar-refractivity contribution in [3.63, 3.8) is 0 Å². The summed E-state index contributed by atoms with van der Waals surface area (Å²) < 4.78 is 5.59. The SMILES string of the molecule is Cc1noc(-c2ccc(-c3ccc(C4(C(=O)O)CC4)cc3)cc2)c1C(O)/C(N)=C/NCc1ccccc1. The summed E-state index contributed by atoms with van der Waals surface area (Å²) in [5, 5.41) is 27.7. The summed E-state index contributed by atoms with van der Waals surface area (Å²) in [4.78, 5) is 11.6. The minimum absolute atomic E-state index is 0.259. The molecule has 0 bridgehead atoms. The maximum Gasteiger partial charge on any atom is 0.314 e. The van der Waals surface area contributed by atoms with Crippen LogP contribution < -0.4 is 11.1 Å². The highest BCUT2D eigenvalue weighted by atomic mass is 16.5. The van der Waals surface area contributed by atoms with Gasteiger partial charge in [0.1, 0.15) is 6.10 Å². The third-order valence-corrected chi connectivity index (χ3v) is 6.99. The Kier molecular flexibility index (Phi) is 6.54. The first-order chi connectivity index (χ1) is 17.9. The van der Waals surface area contributed by atoms with Gasteiger partial charge in [0.2, 0.25) is 0 Å². The molecule has 7 heteroatoms. The van der Waals surface area contributed by atoms with Gasteiger partial charge in [0, 0.05) is 18.3 Å². The highest BCUT2D eigenvalue weighted by Gasteiger charge is 2.51. The zero-order chi connectivity index (χ0) is 26.0. The largest absolute Gasteiger partial charge is 0.481 e. The van der Waals surface area contributed by atoms with Gasteiger partial charge in [-0.15, -0.1) is 0 Å². The Bertz CT molecular complexity index is 1420. The van der Waals surface area contributed by atoms with E-state index in [-0.39, 0.29) is 5.70 Å². The van der Waals surface area contributed by atoms with Crippen LogP contribution in [-0.2, 0) is 16.8 Å². The number of carboxylic acid groups (broad SMARTS) is 1. The number of nitrogens with one attached hydrogen (secondary N) is 1. The molecule has 1 aromatic heterocycles. The summed E-state index contributed by atoms with van der Waals surface area (Å²) in [6, 6.07) is 25.4. The second-order valence-electron chi connectivity index (χ2n) is 9.47. The first-order valence-corrected chi connectivity index (χ1v) is 12.2. The number of rotatable bonds is 9. The number of benzene rings is 3. The Morgan fingerprint density at radius 1 is 1.03 bits per heavy atom. The van der Waals surface area contributed by atoms with Crippen molar-refractivity contribution in [2.75, 3.05) is 0 Å². The van der Waals surface area contributed by atoms with Crippen molar-refractivity contribution in [2.45, 2.75) is 37.8 Å². The number of carbonyl (C=O) groups is 1. The smallest absolute Gasteiger partial charge is 0.314 e. The first-order valence-electron chi connectivity index (χ1n) is 12.2. The van der Waals surface area contributed by atoms with Crippen LogP contribution in [0.3, 0.4) is 0 Å². The Morgan fingerprint density at radius 2 is 1.62 bits per heavy atom. The fraction of sp³-hybridized carbons (Fsp3) is 0.200. The van der Waals surface area contributed by atoms with E-state index in [1.807, 2.05) is 78.9 Å². The lowest BCUT2D eigenvalue weighted by Crippen LogP contribution is -2.19. The molecule has 37 heavy (non-hydrogen) atoms. The van der Waals surface area contributed by atoms with Crippen molar-refractivity contribution in [1.29, 1.82) is 0 Å². The minimum atomic E-state index is -1.08. The molecular weight excluding hydrogens is 466 g/mol. The predicted octanol–water partition coefficient (Wildman–Crippen LogP) is 5.06. The Hall–Kier alpha value is -4.36. The second kappa shape index (κ2) is 9.95. The van der Waals surface area contributed by atoms with Gasteiger partial charge in [0.25, 0.3) is 0 Å². The van der Waals surface area contributed by atoms with Crippen molar-refractivity contribution in [3.8, 4) is 22.5 Å². The number of aromatic nitrogens is 1. The second-order valence-corrected chi connectivity index (χ2v) is 9.47. The van der Waals surface area contributed by atoms with Crippen LogP contribution in [0.25, 0.3) is 22.5 Å².